The number of nitrogens with zero attached hydrogens (tertiary/aromatic N) is 2. The summed E-state index contributed by atoms with van der Waals surface area (Å²) in [6, 6.07) is 14.9. The number of para-hydroxylation sites is 1. The summed E-state index contributed by atoms with van der Waals surface area (Å²) in [6.07, 6.45) is 0. The van der Waals surface area contributed by atoms with Crippen molar-refractivity contribution in [2.75, 3.05) is 37.9 Å². The minimum absolute atomic E-state index is 0.0799. The Morgan fingerprint density at radius 1 is 0.960 bits per heavy atom. The van der Waals surface area contributed by atoms with E-state index in [9.17, 15) is 13.2 Å². The van der Waals surface area contributed by atoms with Crippen molar-refractivity contribution in [3.05, 3.63) is 60.2 Å². The predicted molar refractivity (Wildman–Crippen MR) is 97.1 cm³/mol. The summed E-state index contributed by atoms with van der Waals surface area (Å²) in [7, 11) is -1.72. The fourth-order valence-electron chi connectivity index (χ4n) is 2.71. The molecule has 0 bridgehead atoms. The first-order valence-electron chi connectivity index (χ1n) is 8.11. The fourth-order valence-corrected chi connectivity index (χ4v) is 3.81. The summed E-state index contributed by atoms with van der Waals surface area (Å²) in [5.41, 5.74) is 0.874. The number of likely N-dealkylation sites (N-methyl/N-ethyl adjacent to an activating group) is 1. The van der Waals surface area contributed by atoms with Crippen LogP contribution in [0.4, 0.5) is 5.69 Å². The molecule has 3 rings (SSSR count). The van der Waals surface area contributed by atoms with Crippen molar-refractivity contribution in [3.63, 3.8) is 0 Å². The van der Waals surface area contributed by atoms with Gasteiger partial charge in [-0.2, -0.15) is 0 Å². The average molecular weight is 359 g/mol. The zero-order chi connectivity index (χ0) is 17.9. The molecule has 1 heterocycles. The molecule has 6 nitrogen and oxygen atoms in total. The standard InChI is InChI=1S/C18H21N3O3S/c1-20-10-12-21(13-11-20)18(22)15-6-5-9-17(14-15)25(23,24)19-16-7-3-2-4-8-16/h2-9,14,19H,10-13H2,1H3. The Hall–Kier alpha value is -2.38. The largest absolute Gasteiger partial charge is 0.336 e. The molecule has 0 aromatic heterocycles. The van der Waals surface area contributed by atoms with E-state index in [1.54, 1.807) is 41.3 Å². The van der Waals surface area contributed by atoms with Crippen LogP contribution in [-0.2, 0) is 10.0 Å². The van der Waals surface area contributed by atoms with Gasteiger partial charge < -0.3 is 9.80 Å². The van der Waals surface area contributed by atoms with Crippen LogP contribution in [-0.4, -0.2) is 57.4 Å². The molecule has 0 saturated carbocycles. The molecule has 1 aliphatic heterocycles. The summed E-state index contributed by atoms with van der Waals surface area (Å²) in [4.78, 5) is 16.6. The number of carbonyl (C=O) groups is 1. The molecule has 0 unspecified atom stereocenters. The van der Waals surface area contributed by atoms with Gasteiger partial charge >= 0.3 is 0 Å². The highest BCUT2D eigenvalue weighted by Crippen LogP contribution is 2.18. The molecule has 1 fully saturated rings. The molecular formula is C18H21N3O3S. The lowest BCUT2D eigenvalue weighted by Crippen LogP contribution is -2.47. The fraction of sp³-hybridized carbons (Fsp3) is 0.278. The van der Waals surface area contributed by atoms with Crippen LogP contribution in [0.3, 0.4) is 0 Å². The quantitative estimate of drug-likeness (QED) is 0.905. The van der Waals surface area contributed by atoms with E-state index in [2.05, 4.69) is 9.62 Å². The molecule has 0 atom stereocenters. The van der Waals surface area contributed by atoms with Crippen LogP contribution in [0.1, 0.15) is 10.4 Å². The summed E-state index contributed by atoms with van der Waals surface area (Å²) < 4.78 is 27.6. The third-order valence-corrected chi connectivity index (χ3v) is 5.59. The number of piperazine rings is 1. The molecule has 2 aromatic carbocycles. The number of anilines is 1. The molecule has 0 radical (unpaired) electrons. The Bertz CT molecular complexity index is 845. The van der Waals surface area contributed by atoms with E-state index in [0.29, 0.717) is 24.3 Å². The monoisotopic (exact) mass is 359 g/mol. The summed E-state index contributed by atoms with van der Waals surface area (Å²) in [5.74, 6) is -0.134. The molecule has 1 aliphatic rings. The van der Waals surface area contributed by atoms with Gasteiger partial charge in [0, 0.05) is 37.4 Å². The third kappa shape index (κ3) is 4.18. The maximum Gasteiger partial charge on any atom is 0.261 e. The van der Waals surface area contributed by atoms with E-state index in [-0.39, 0.29) is 10.8 Å². The van der Waals surface area contributed by atoms with Gasteiger partial charge in [-0.3, -0.25) is 9.52 Å². The van der Waals surface area contributed by atoms with Crippen LogP contribution >= 0.6 is 0 Å². The molecule has 0 spiro atoms. The Labute approximate surface area is 148 Å². The molecule has 132 valence electrons. The normalized spacial score (nSPS) is 15.8. The van der Waals surface area contributed by atoms with Crippen LogP contribution < -0.4 is 4.72 Å². The molecule has 1 saturated heterocycles. The van der Waals surface area contributed by atoms with Gasteiger partial charge in [0.1, 0.15) is 0 Å². The van der Waals surface area contributed by atoms with Crippen molar-refractivity contribution in [3.8, 4) is 0 Å². The Morgan fingerprint density at radius 3 is 2.32 bits per heavy atom. The second-order valence-electron chi connectivity index (χ2n) is 6.09. The van der Waals surface area contributed by atoms with Gasteiger partial charge in [-0.05, 0) is 37.4 Å². The first kappa shape index (κ1) is 17.4. The van der Waals surface area contributed by atoms with Crippen molar-refractivity contribution >= 4 is 21.6 Å². The van der Waals surface area contributed by atoms with Crippen molar-refractivity contribution in [1.82, 2.24) is 9.80 Å². The number of carbonyl (C=O) groups excluding carboxylic acids is 1. The van der Waals surface area contributed by atoms with E-state index >= 15 is 0 Å². The molecule has 2 aromatic rings. The van der Waals surface area contributed by atoms with Gasteiger partial charge in [-0.15, -0.1) is 0 Å². The second kappa shape index (κ2) is 7.25. The third-order valence-electron chi connectivity index (χ3n) is 4.21. The molecule has 7 heteroatoms. The summed E-state index contributed by atoms with van der Waals surface area (Å²) >= 11 is 0. The minimum Gasteiger partial charge on any atom is -0.336 e. The van der Waals surface area contributed by atoms with Crippen molar-refractivity contribution in [1.29, 1.82) is 0 Å². The van der Waals surface area contributed by atoms with E-state index in [4.69, 9.17) is 0 Å². The highest BCUT2D eigenvalue weighted by Gasteiger charge is 2.22. The Kier molecular flexibility index (Phi) is 5.06. The maximum atomic E-state index is 12.6. The lowest BCUT2D eigenvalue weighted by molar-refractivity contribution is 0.0664. The van der Waals surface area contributed by atoms with E-state index < -0.39 is 10.0 Å². The average Bonchev–Trinajstić information content (AvgIpc) is 2.62. The van der Waals surface area contributed by atoms with Gasteiger partial charge in [-0.1, -0.05) is 24.3 Å². The predicted octanol–water partition coefficient (Wildman–Crippen LogP) is 1.88. The highest BCUT2D eigenvalue weighted by atomic mass is 32.2. The Morgan fingerprint density at radius 2 is 1.64 bits per heavy atom. The zero-order valence-corrected chi connectivity index (χ0v) is 14.9. The number of amides is 1. The first-order valence-corrected chi connectivity index (χ1v) is 9.60. The van der Waals surface area contributed by atoms with Crippen LogP contribution in [0.2, 0.25) is 0 Å². The second-order valence-corrected chi connectivity index (χ2v) is 7.78. The first-order chi connectivity index (χ1) is 12.0. The molecule has 25 heavy (non-hydrogen) atoms. The van der Waals surface area contributed by atoms with Crippen LogP contribution in [0.15, 0.2) is 59.5 Å². The number of nitrogens with one attached hydrogen (secondary N) is 1. The van der Waals surface area contributed by atoms with Crippen LogP contribution in [0.25, 0.3) is 0 Å². The lowest BCUT2D eigenvalue weighted by atomic mass is 10.2. The number of benzene rings is 2. The maximum absolute atomic E-state index is 12.6. The number of rotatable bonds is 4. The molecular weight excluding hydrogens is 338 g/mol. The van der Waals surface area contributed by atoms with E-state index in [0.717, 1.165) is 13.1 Å². The Balaban J connectivity index is 1.80. The van der Waals surface area contributed by atoms with Gasteiger partial charge in [0.05, 0.1) is 4.90 Å². The molecule has 1 amide bonds. The number of hydrogen-bond donors (Lipinski definition) is 1. The van der Waals surface area contributed by atoms with E-state index in [1.165, 1.54) is 12.1 Å². The van der Waals surface area contributed by atoms with Gasteiger partial charge in [0.2, 0.25) is 0 Å². The molecule has 0 aliphatic carbocycles. The highest BCUT2D eigenvalue weighted by molar-refractivity contribution is 7.92. The minimum atomic E-state index is -3.74. The van der Waals surface area contributed by atoms with Crippen LogP contribution in [0.5, 0.6) is 0 Å². The van der Waals surface area contributed by atoms with E-state index in [1.807, 2.05) is 13.1 Å². The summed E-state index contributed by atoms with van der Waals surface area (Å²) in [6.45, 7) is 2.93. The SMILES string of the molecule is CN1CCN(C(=O)c2cccc(S(=O)(=O)Nc3ccccc3)c2)CC1. The topological polar surface area (TPSA) is 69.7 Å². The summed E-state index contributed by atoms with van der Waals surface area (Å²) in [5, 5.41) is 0. The smallest absolute Gasteiger partial charge is 0.261 e. The van der Waals surface area contributed by atoms with Crippen LogP contribution in [0, 0.1) is 0 Å². The molecule has 1 N–H and O–H groups in total. The van der Waals surface area contributed by atoms with Crippen molar-refractivity contribution in [2.45, 2.75) is 4.90 Å². The van der Waals surface area contributed by atoms with Gasteiger partial charge in [-0.25, -0.2) is 8.42 Å². The zero-order valence-electron chi connectivity index (χ0n) is 14.1. The van der Waals surface area contributed by atoms with Crippen molar-refractivity contribution < 1.29 is 13.2 Å². The lowest BCUT2D eigenvalue weighted by Gasteiger charge is -2.32. The van der Waals surface area contributed by atoms with Gasteiger partial charge in [0.15, 0.2) is 0 Å². The van der Waals surface area contributed by atoms with Gasteiger partial charge in [0.25, 0.3) is 15.9 Å². The number of sulfonamides is 1. The van der Waals surface area contributed by atoms with Crippen molar-refractivity contribution in [2.24, 2.45) is 0 Å². The number of hydrogen-bond acceptors (Lipinski definition) is 4.